The van der Waals surface area contributed by atoms with Gasteiger partial charge in [0.2, 0.25) is 0 Å². The number of rotatable bonds is 5. The Morgan fingerprint density at radius 1 is 1.29 bits per heavy atom. The van der Waals surface area contributed by atoms with Gasteiger partial charge in [-0.2, -0.15) is 0 Å². The van der Waals surface area contributed by atoms with E-state index in [4.69, 9.17) is 11.6 Å². The van der Waals surface area contributed by atoms with Gasteiger partial charge in [0.15, 0.2) is 0 Å². The second kappa shape index (κ2) is 7.18. The maximum absolute atomic E-state index is 13.8. The molecular formula is C16H16ClFN2O. The third kappa shape index (κ3) is 4.02. The molecule has 0 radical (unpaired) electrons. The summed E-state index contributed by atoms with van der Waals surface area (Å²) in [7, 11) is 0. The molecule has 110 valence electrons. The number of benzene rings is 1. The Balaban J connectivity index is 2.10. The Bertz CT molecular complexity index is 619. The van der Waals surface area contributed by atoms with Crippen LogP contribution in [0.1, 0.15) is 22.8 Å². The van der Waals surface area contributed by atoms with E-state index in [1.54, 1.807) is 17.3 Å². The highest BCUT2D eigenvalue weighted by Crippen LogP contribution is 2.17. The third-order valence-corrected chi connectivity index (χ3v) is 3.48. The van der Waals surface area contributed by atoms with Gasteiger partial charge in [0.05, 0.1) is 5.56 Å². The van der Waals surface area contributed by atoms with Crippen LogP contribution in [-0.2, 0) is 6.42 Å². The van der Waals surface area contributed by atoms with Gasteiger partial charge in [-0.1, -0.05) is 11.6 Å². The molecule has 0 bridgehead atoms. The van der Waals surface area contributed by atoms with Gasteiger partial charge in [-0.15, -0.1) is 0 Å². The lowest BCUT2D eigenvalue weighted by Gasteiger charge is -2.21. The molecule has 0 aliphatic rings. The van der Waals surface area contributed by atoms with E-state index in [0.717, 1.165) is 5.56 Å². The van der Waals surface area contributed by atoms with Crippen molar-refractivity contribution in [3.63, 3.8) is 0 Å². The monoisotopic (exact) mass is 306 g/mol. The van der Waals surface area contributed by atoms with Crippen molar-refractivity contribution in [2.45, 2.75) is 13.3 Å². The standard InChI is InChI=1S/C16H16ClFN2O/c1-2-20(10-7-12-5-8-19-9-6-12)16(21)14-11-13(17)3-4-15(14)18/h3-6,8-9,11H,2,7,10H2,1H3. The summed E-state index contributed by atoms with van der Waals surface area (Å²) in [5.41, 5.74) is 1.10. The minimum absolute atomic E-state index is 0.0130. The number of hydrogen-bond donors (Lipinski definition) is 0. The maximum Gasteiger partial charge on any atom is 0.256 e. The second-order valence-corrected chi connectivity index (χ2v) is 5.05. The average molecular weight is 307 g/mol. The zero-order valence-corrected chi connectivity index (χ0v) is 12.5. The molecule has 1 aromatic carbocycles. The van der Waals surface area contributed by atoms with Crippen molar-refractivity contribution in [1.82, 2.24) is 9.88 Å². The number of aromatic nitrogens is 1. The van der Waals surface area contributed by atoms with E-state index in [1.165, 1.54) is 18.2 Å². The molecule has 0 aliphatic carbocycles. The lowest BCUT2D eigenvalue weighted by atomic mass is 10.1. The Labute approximate surface area is 128 Å². The molecule has 0 N–H and O–H groups in total. The molecule has 0 fully saturated rings. The van der Waals surface area contributed by atoms with Gasteiger partial charge in [0, 0.05) is 30.5 Å². The molecule has 0 aliphatic heterocycles. The molecule has 2 aromatic rings. The van der Waals surface area contributed by atoms with E-state index >= 15 is 0 Å². The quantitative estimate of drug-likeness (QED) is 0.846. The number of carbonyl (C=O) groups excluding carboxylic acids is 1. The summed E-state index contributed by atoms with van der Waals surface area (Å²) in [5.74, 6) is -0.890. The topological polar surface area (TPSA) is 33.2 Å². The summed E-state index contributed by atoms with van der Waals surface area (Å²) in [4.78, 5) is 17.9. The molecule has 0 unspecified atom stereocenters. The second-order valence-electron chi connectivity index (χ2n) is 4.61. The van der Waals surface area contributed by atoms with E-state index in [-0.39, 0.29) is 11.5 Å². The highest BCUT2D eigenvalue weighted by molar-refractivity contribution is 6.31. The molecule has 2 rings (SSSR count). The van der Waals surface area contributed by atoms with Crippen LogP contribution in [0, 0.1) is 5.82 Å². The molecule has 0 spiro atoms. The molecule has 21 heavy (non-hydrogen) atoms. The Morgan fingerprint density at radius 2 is 2.00 bits per heavy atom. The van der Waals surface area contributed by atoms with Crippen LogP contribution in [0.2, 0.25) is 5.02 Å². The van der Waals surface area contributed by atoms with Crippen LogP contribution in [0.15, 0.2) is 42.7 Å². The van der Waals surface area contributed by atoms with E-state index < -0.39 is 5.82 Å². The van der Waals surface area contributed by atoms with Crippen molar-refractivity contribution in [2.75, 3.05) is 13.1 Å². The molecular weight excluding hydrogens is 291 g/mol. The van der Waals surface area contributed by atoms with Crippen LogP contribution in [0.3, 0.4) is 0 Å². The molecule has 0 atom stereocenters. The Kier molecular flexibility index (Phi) is 5.28. The molecule has 1 heterocycles. The molecule has 0 saturated carbocycles. The van der Waals surface area contributed by atoms with Crippen molar-refractivity contribution >= 4 is 17.5 Å². The molecule has 0 saturated heterocycles. The van der Waals surface area contributed by atoms with Crippen LogP contribution >= 0.6 is 11.6 Å². The van der Waals surface area contributed by atoms with Crippen LogP contribution in [0.25, 0.3) is 0 Å². The van der Waals surface area contributed by atoms with Crippen molar-refractivity contribution in [1.29, 1.82) is 0 Å². The number of pyridine rings is 1. The van der Waals surface area contributed by atoms with E-state index in [0.29, 0.717) is 24.5 Å². The van der Waals surface area contributed by atoms with Crippen LogP contribution in [-0.4, -0.2) is 28.9 Å². The van der Waals surface area contributed by atoms with E-state index in [2.05, 4.69) is 4.98 Å². The predicted molar refractivity (Wildman–Crippen MR) is 80.9 cm³/mol. The number of halogens is 2. The highest BCUT2D eigenvalue weighted by atomic mass is 35.5. The maximum atomic E-state index is 13.8. The SMILES string of the molecule is CCN(CCc1ccncc1)C(=O)c1cc(Cl)ccc1F. The van der Waals surface area contributed by atoms with E-state index in [9.17, 15) is 9.18 Å². The largest absolute Gasteiger partial charge is 0.339 e. The summed E-state index contributed by atoms with van der Waals surface area (Å²) < 4.78 is 13.8. The first-order valence-corrected chi connectivity index (χ1v) is 7.13. The first kappa shape index (κ1) is 15.4. The van der Waals surface area contributed by atoms with Gasteiger partial charge in [-0.25, -0.2) is 4.39 Å². The van der Waals surface area contributed by atoms with Crippen molar-refractivity contribution < 1.29 is 9.18 Å². The molecule has 1 aromatic heterocycles. The lowest BCUT2D eigenvalue weighted by Crippen LogP contribution is -2.33. The van der Waals surface area contributed by atoms with Gasteiger partial charge in [-0.05, 0) is 49.2 Å². The number of nitrogens with zero attached hydrogens (tertiary/aromatic N) is 2. The van der Waals surface area contributed by atoms with Crippen molar-refractivity contribution in [3.8, 4) is 0 Å². The molecule has 3 nitrogen and oxygen atoms in total. The number of amides is 1. The smallest absolute Gasteiger partial charge is 0.256 e. The Hall–Kier alpha value is -1.94. The van der Waals surface area contributed by atoms with E-state index in [1.807, 2.05) is 19.1 Å². The zero-order valence-electron chi connectivity index (χ0n) is 11.7. The molecule has 1 amide bonds. The van der Waals surface area contributed by atoms with Crippen LogP contribution < -0.4 is 0 Å². The molecule has 5 heteroatoms. The number of hydrogen-bond acceptors (Lipinski definition) is 2. The summed E-state index contributed by atoms with van der Waals surface area (Å²) in [6.07, 6.45) is 4.12. The summed E-state index contributed by atoms with van der Waals surface area (Å²) in [5, 5.41) is 0.352. The fourth-order valence-electron chi connectivity index (χ4n) is 2.05. The van der Waals surface area contributed by atoms with Gasteiger partial charge in [0.1, 0.15) is 5.82 Å². The van der Waals surface area contributed by atoms with Crippen molar-refractivity contribution in [2.24, 2.45) is 0 Å². The minimum atomic E-state index is -0.549. The van der Waals surface area contributed by atoms with Gasteiger partial charge in [-0.3, -0.25) is 9.78 Å². The fourth-order valence-corrected chi connectivity index (χ4v) is 2.22. The van der Waals surface area contributed by atoms with Gasteiger partial charge >= 0.3 is 0 Å². The number of likely N-dealkylation sites (N-methyl/N-ethyl adjacent to an activating group) is 1. The van der Waals surface area contributed by atoms with Crippen molar-refractivity contribution in [3.05, 3.63) is 64.7 Å². The van der Waals surface area contributed by atoms with Gasteiger partial charge < -0.3 is 4.90 Å². The summed E-state index contributed by atoms with van der Waals surface area (Å²) >= 11 is 5.84. The van der Waals surface area contributed by atoms with Crippen LogP contribution in [0.4, 0.5) is 4.39 Å². The normalized spacial score (nSPS) is 10.4. The highest BCUT2D eigenvalue weighted by Gasteiger charge is 2.18. The summed E-state index contributed by atoms with van der Waals surface area (Å²) in [6.45, 7) is 2.90. The Morgan fingerprint density at radius 3 is 2.67 bits per heavy atom. The van der Waals surface area contributed by atoms with Gasteiger partial charge in [0.25, 0.3) is 5.91 Å². The first-order chi connectivity index (χ1) is 10.1. The first-order valence-electron chi connectivity index (χ1n) is 6.75. The third-order valence-electron chi connectivity index (χ3n) is 3.25. The predicted octanol–water partition coefficient (Wildman–Crippen LogP) is 3.58. The fraction of sp³-hybridized carbons (Fsp3) is 0.250. The lowest BCUT2D eigenvalue weighted by molar-refractivity contribution is 0.0761. The zero-order chi connectivity index (χ0) is 15.2. The summed E-state index contributed by atoms with van der Waals surface area (Å²) in [6, 6.07) is 7.82. The average Bonchev–Trinajstić information content (AvgIpc) is 2.51. The van der Waals surface area contributed by atoms with Crippen LogP contribution in [0.5, 0.6) is 0 Å². The number of carbonyl (C=O) groups is 1. The minimum Gasteiger partial charge on any atom is -0.339 e.